The molecule has 8 unspecified atom stereocenters. The maximum atomic E-state index is 14.0. The summed E-state index contributed by atoms with van der Waals surface area (Å²) in [6.45, 7) is 13.1. The van der Waals surface area contributed by atoms with Crippen LogP contribution in [0.15, 0.2) is 22.8 Å². The first kappa shape index (κ1) is 27.9. The van der Waals surface area contributed by atoms with Crippen molar-refractivity contribution in [2.24, 2.45) is 39.4 Å². The van der Waals surface area contributed by atoms with Gasteiger partial charge in [0.15, 0.2) is 11.6 Å². The predicted molar refractivity (Wildman–Crippen MR) is 137 cm³/mol. The van der Waals surface area contributed by atoms with Crippen LogP contribution in [-0.2, 0) is 19.2 Å². The molecular formula is C30H42O7. The van der Waals surface area contributed by atoms with Gasteiger partial charge in [-0.1, -0.05) is 47.1 Å². The van der Waals surface area contributed by atoms with Crippen molar-refractivity contribution in [3.8, 4) is 0 Å². The summed E-state index contributed by atoms with van der Waals surface area (Å²) in [5.74, 6) is -2.44. The van der Waals surface area contributed by atoms with Gasteiger partial charge in [-0.3, -0.25) is 19.2 Å². The fourth-order valence-corrected chi connectivity index (χ4v) is 8.77. The number of carbonyl (C=O) groups excluding carboxylic acids is 3. The summed E-state index contributed by atoms with van der Waals surface area (Å²) in [5, 5.41) is 32.4. The number of aliphatic hydroxyl groups excluding tert-OH is 2. The van der Waals surface area contributed by atoms with Crippen molar-refractivity contribution in [3.63, 3.8) is 0 Å². The number of carbonyl (C=O) groups is 4. The highest BCUT2D eigenvalue weighted by Gasteiger charge is 2.69. The minimum Gasteiger partial charge on any atom is -0.481 e. The molecular weight excluding hydrogens is 472 g/mol. The van der Waals surface area contributed by atoms with Crippen molar-refractivity contribution in [1.29, 1.82) is 0 Å². The molecule has 0 radical (unpaired) electrons. The van der Waals surface area contributed by atoms with Crippen LogP contribution in [0.3, 0.4) is 0 Å². The van der Waals surface area contributed by atoms with Gasteiger partial charge in [-0.05, 0) is 55.1 Å². The van der Waals surface area contributed by atoms with Gasteiger partial charge in [0.25, 0.3) is 0 Å². The molecule has 7 heteroatoms. The van der Waals surface area contributed by atoms with Crippen LogP contribution in [0.25, 0.3) is 0 Å². The lowest BCUT2D eigenvalue weighted by molar-refractivity contribution is -0.145. The van der Waals surface area contributed by atoms with Crippen molar-refractivity contribution < 1.29 is 34.5 Å². The Morgan fingerprint density at radius 3 is 2.30 bits per heavy atom. The number of rotatable bonds is 5. The Balaban J connectivity index is 1.80. The summed E-state index contributed by atoms with van der Waals surface area (Å²) in [6.07, 6.45) is 1.42. The lowest BCUT2D eigenvalue weighted by Crippen LogP contribution is -2.60. The van der Waals surface area contributed by atoms with Crippen molar-refractivity contribution >= 4 is 23.3 Å². The molecule has 0 aromatic carbocycles. The van der Waals surface area contributed by atoms with E-state index in [0.29, 0.717) is 36.8 Å². The summed E-state index contributed by atoms with van der Waals surface area (Å²) in [4.78, 5) is 50.7. The number of Topliss-reactive ketones (excluding diaryl/α,β-unsaturated/α-hetero) is 2. The van der Waals surface area contributed by atoms with Crippen molar-refractivity contribution in [2.45, 2.75) is 99.2 Å². The molecule has 4 rings (SSSR count). The Labute approximate surface area is 219 Å². The second-order valence-electron chi connectivity index (χ2n) is 13.5. The molecule has 0 aliphatic heterocycles. The zero-order chi connectivity index (χ0) is 27.9. The number of fused-ring (bicyclic) bond motifs is 4. The third-order valence-corrected chi connectivity index (χ3v) is 11.2. The molecule has 204 valence electrons. The highest BCUT2D eigenvalue weighted by atomic mass is 16.4. The molecule has 4 aliphatic carbocycles. The topological polar surface area (TPSA) is 129 Å². The SMILES string of the molecule is C/C(=C\C(=O)CC(C)C(=O)O)C1CC(O)C2(C)C3=C(C(=O)CC12C)C1(C)CCC(=O)C(C)(C)C1CC3O. The fraction of sp³-hybridized carbons (Fsp3) is 0.733. The largest absolute Gasteiger partial charge is 0.481 e. The number of carboxylic acid groups (broad SMARTS) is 1. The van der Waals surface area contributed by atoms with Gasteiger partial charge in [-0.15, -0.1) is 0 Å². The minimum absolute atomic E-state index is 0.0379. The van der Waals surface area contributed by atoms with E-state index in [1.807, 2.05) is 34.6 Å². The first-order valence-electron chi connectivity index (χ1n) is 13.5. The van der Waals surface area contributed by atoms with Gasteiger partial charge in [-0.25, -0.2) is 0 Å². The second-order valence-corrected chi connectivity index (χ2v) is 13.5. The van der Waals surface area contributed by atoms with E-state index in [4.69, 9.17) is 5.11 Å². The highest BCUT2D eigenvalue weighted by Crippen LogP contribution is 2.71. The van der Waals surface area contributed by atoms with E-state index >= 15 is 0 Å². The Morgan fingerprint density at radius 2 is 1.70 bits per heavy atom. The standard InChI is InChI=1S/C30H42O7/c1-15(10-17(31)11-16(2)26(36)37)18-12-23(35)30(7)25-19(32)13-21-27(3,4)22(34)8-9-28(21,5)24(25)20(33)14-29(18,30)6/h10,16,18-19,21,23,32,35H,8-9,11-14H2,1-7H3,(H,36,37)/b15-10+. The predicted octanol–water partition coefficient (Wildman–Crippen LogP) is 4.05. The molecule has 0 bridgehead atoms. The fourth-order valence-electron chi connectivity index (χ4n) is 8.77. The third-order valence-electron chi connectivity index (χ3n) is 11.2. The summed E-state index contributed by atoms with van der Waals surface area (Å²) in [7, 11) is 0. The monoisotopic (exact) mass is 514 g/mol. The minimum atomic E-state index is -1.03. The highest BCUT2D eigenvalue weighted by molar-refractivity contribution is 6.01. The number of hydrogen-bond donors (Lipinski definition) is 3. The van der Waals surface area contributed by atoms with Crippen LogP contribution in [0.1, 0.15) is 87.0 Å². The molecule has 7 nitrogen and oxygen atoms in total. The maximum Gasteiger partial charge on any atom is 0.306 e. The van der Waals surface area contributed by atoms with Gasteiger partial charge < -0.3 is 15.3 Å². The molecule has 2 fully saturated rings. The molecule has 3 N–H and O–H groups in total. The average molecular weight is 515 g/mol. The zero-order valence-corrected chi connectivity index (χ0v) is 23.2. The number of aliphatic carboxylic acids is 1. The van der Waals surface area contributed by atoms with Crippen LogP contribution in [-0.4, -0.2) is 50.8 Å². The van der Waals surface area contributed by atoms with Crippen LogP contribution < -0.4 is 0 Å². The summed E-state index contributed by atoms with van der Waals surface area (Å²) in [5.41, 5.74) is -0.855. The smallest absolute Gasteiger partial charge is 0.306 e. The number of allylic oxidation sites excluding steroid dienone is 3. The molecule has 8 atom stereocenters. The van der Waals surface area contributed by atoms with Gasteiger partial charge in [0.2, 0.25) is 0 Å². The number of hydrogen-bond acceptors (Lipinski definition) is 6. The van der Waals surface area contributed by atoms with E-state index in [9.17, 15) is 29.4 Å². The van der Waals surface area contributed by atoms with E-state index in [0.717, 1.165) is 5.57 Å². The van der Waals surface area contributed by atoms with Crippen molar-refractivity contribution in [3.05, 3.63) is 22.8 Å². The van der Waals surface area contributed by atoms with E-state index in [2.05, 4.69) is 6.92 Å². The van der Waals surface area contributed by atoms with Crippen molar-refractivity contribution in [1.82, 2.24) is 0 Å². The number of aliphatic hydroxyl groups is 2. The van der Waals surface area contributed by atoms with Crippen LogP contribution in [0.2, 0.25) is 0 Å². The zero-order valence-electron chi connectivity index (χ0n) is 23.2. The molecule has 0 heterocycles. The van der Waals surface area contributed by atoms with Gasteiger partial charge in [-0.2, -0.15) is 0 Å². The second kappa shape index (κ2) is 8.70. The van der Waals surface area contributed by atoms with E-state index in [1.165, 1.54) is 13.0 Å². The normalized spacial score (nSPS) is 42.1. The van der Waals surface area contributed by atoms with Crippen LogP contribution in [0.4, 0.5) is 0 Å². The first-order chi connectivity index (χ1) is 16.9. The Bertz CT molecular complexity index is 1130. The quantitative estimate of drug-likeness (QED) is 0.472. The molecule has 0 spiro atoms. The summed E-state index contributed by atoms with van der Waals surface area (Å²) in [6, 6.07) is 0. The van der Waals surface area contributed by atoms with Gasteiger partial charge >= 0.3 is 5.97 Å². The van der Waals surface area contributed by atoms with Gasteiger partial charge in [0.1, 0.15) is 5.78 Å². The molecule has 2 saturated carbocycles. The third kappa shape index (κ3) is 3.75. The molecule has 0 aromatic heterocycles. The van der Waals surface area contributed by atoms with E-state index in [1.54, 1.807) is 0 Å². The average Bonchev–Trinajstić information content (AvgIpc) is 2.99. The Kier molecular flexibility index (Phi) is 6.56. The molecule has 0 saturated heterocycles. The maximum absolute atomic E-state index is 14.0. The lowest BCUT2D eigenvalue weighted by atomic mass is 9.42. The Hall–Kier alpha value is -2.12. The number of carboxylic acids is 1. The summed E-state index contributed by atoms with van der Waals surface area (Å²) < 4.78 is 0. The van der Waals surface area contributed by atoms with Crippen molar-refractivity contribution in [2.75, 3.05) is 0 Å². The molecule has 0 amide bonds. The lowest BCUT2D eigenvalue weighted by Gasteiger charge is -2.61. The van der Waals surface area contributed by atoms with Crippen LogP contribution in [0, 0.1) is 39.4 Å². The number of ketones is 3. The Morgan fingerprint density at radius 1 is 1.08 bits per heavy atom. The summed E-state index contributed by atoms with van der Waals surface area (Å²) >= 11 is 0. The van der Waals surface area contributed by atoms with Crippen LogP contribution >= 0.6 is 0 Å². The van der Waals surface area contributed by atoms with E-state index in [-0.39, 0.29) is 42.0 Å². The molecule has 37 heavy (non-hydrogen) atoms. The molecule has 0 aromatic rings. The van der Waals surface area contributed by atoms with Gasteiger partial charge in [0.05, 0.1) is 18.1 Å². The van der Waals surface area contributed by atoms with Gasteiger partial charge in [0, 0.05) is 41.1 Å². The van der Waals surface area contributed by atoms with Crippen LogP contribution in [0.5, 0.6) is 0 Å². The first-order valence-corrected chi connectivity index (χ1v) is 13.5. The van der Waals surface area contributed by atoms with E-state index < -0.39 is 45.8 Å². The molecule has 4 aliphatic rings.